The van der Waals surface area contributed by atoms with Crippen LogP contribution in [0.25, 0.3) is 0 Å². The second kappa shape index (κ2) is 4.33. The maximum absolute atomic E-state index is 12.0. The zero-order chi connectivity index (χ0) is 12.6. The van der Waals surface area contributed by atoms with E-state index in [2.05, 4.69) is 4.99 Å². The van der Waals surface area contributed by atoms with Crippen LogP contribution in [0.2, 0.25) is 0 Å². The van der Waals surface area contributed by atoms with Crippen molar-refractivity contribution in [3.8, 4) is 0 Å². The smallest absolute Gasteiger partial charge is 0.328 e. The fourth-order valence-corrected chi connectivity index (χ4v) is 2.15. The number of imide groups is 1. The third-order valence-electron chi connectivity index (χ3n) is 3.15. The Morgan fingerprint density at radius 3 is 2.76 bits per heavy atom. The zero-order valence-corrected chi connectivity index (χ0v) is 9.91. The van der Waals surface area contributed by atoms with E-state index in [9.17, 15) is 9.59 Å². The van der Waals surface area contributed by atoms with Crippen LogP contribution in [-0.4, -0.2) is 77.5 Å². The summed E-state index contributed by atoms with van der Waals surface area (Å²) in [6.45, 7) is 0.628. The number of hydrogen-bond donors (Lipinski definition) is 1. The summed E-state index contributed by atoms with van der Waals surface area (Å²) in [6.07, 6.45) is 1.72. The highest BCUT2D eigenvalue weighted by Gasteiger charge is 2.47. The second-order valence-corrected chi connectivity index (χ2v) is 4.23. The minimum absolute atomic E-state index is 0.0700. The first kappa shape index (κ1) is 11.8. The summed E-state index contributed by atoms with van der Waals surface area (Å²) in [5, 5.41) is 8.80. The second-order valence-electron chi connectivity index (χ2n) is 4.23. The molecular weight excluding hydrogens is 224 g/mol. The van der Waals surface area contributed by atoms with E-state index in [4.69, 9.17) is 5.11 Å². The van der Waals surface area contributed by atoms with Crippen molar-refractivity contribution in [2.45, 2.75) is 18.6 Å². The van der Waals surface area contributed by atoms with Crippen LogP contribution in [-0.2, 0) is 4.79 Å². The van der Waals surface area contributed by atoms with Crippen LogP contribution in [0.4, 0.5) is 4.79 Å². The molecule has 1 N–H and O–H groups in total. The van der Waals surface area contributed by atoms with E-state index in [1.165, 1.54) is 11.9 Å². The summed E-state index contributed by atoms with van der Waals surface area (Å²) in [4.78, 5) is 32.3. The molecule has 0 unspecified atom stereocenters. The van der Waals surface area contributed by atoms with Crippen molar-refractivity contribution < 1.29 is 14.7 Å². The third-order valence-corrected chi connectivity index (χ3v) is 3.15. The summed E-state index contributed by atoms with van der Waals surface area (Å²) in [6, 6.07) is -0.786. The van der Waals surface area contributed by atoms with E-state index in [-0.39, 0.29) is 18.5 Å². The van der Waals surface area contributed by atoms with Crippen LogP contribution >= 0.6 is 0 Å². The van der Waals surface area contributed by atoms with Gasteiger partial charge in [-0.3, -0.25) is 9.69 Å². The Kier molecular flexibility index (Phi) is 3.01. The lowest BCUT2D eigenvalue weighted by atomic mass is 10.1. The maximum atomic E-state index is 12.0. The molecule has 0 aromatic rings. The van der Waals surface area contributed by atoms with Crippen molar-refractivity contribution in [3.05, 3.63) is 0 Å². The van der Waals surface area contributed by atoms with Gasteiger partial charge in [0.05, 0.1) is 6.34 Å². The molecule has 94 valence electrons. The number of hydrogen-bond acceptors (Lipinski definition) is 5. The van der Waals surface area contributed by atoms with E-state index in [0.717, 1.165) is 4.90 Å². The predicted octanol–water partition coefficient (Wildman–Crippen LogP) is -1.07. The fraction of sp³-hybridized carbons (Fsp3) is 0.700. The number of amides is 3. The van der Waals surface area contributed by atoms with Crippen LogP contribution < -0.4 is 0 Å². The highest BCUT2D eigenvalue weighted by Crippen LogP contribution is 2.24. The number of aliphatic hydroxyl groups excluding tert-OH is 1. The van der Waals surface area contributed by atoms with Gasteiger partial charge in [0.1, 0.15) is 0 Å². The predicted molar refractivity (Wildman–Crippen MR) is 60.4 cm³/mol. The summed E-state index contributed by atoms with van der Waals surface area (Å²) in [5.41, 5.74) is 0. The SMILES string of the molecule is CN1C(=O)[C@@H]2[C@H](N=CN2CCCO)N(C)C1=O. The Morgan fingerprint density at radius 1 is 1.41 bits per heavy atom. The van der Waals surface area contributed by atoms with E-state index < -0.39 is 12.2 Å². The van der Waals surface area contributed by atoms with Gasteiger partial charge in [-0.15, -0.1) is 0 Å². The number of carbonyl (C=O) groups is 2. The molecule has 0 aromatic carbocycles. The first-order valence-electron chi connectivity index (χ1n) is 5.52. The van der Waals surface area contributed by atoms with Crippen LogP contribution in [0.5, 0.6) is 0 Å². The molecule has 2 aliphatic rings. The average molecular weight is 240 g/mol. The molecule has 17 heavy (non-hydrogen) atoms. The van der Waals surface area contributed by atoms with Gasteiger partial charge >= 0.3 is 6.03 Å². The number of fused-ring (bicyclic) bond motifs is 1. The van der Waals surface area contributed by atoms with Gasteiger partial charge in [0.15, 0.2) is 12.2 Å². The average Bonchev–Trinajstić information content (AvgIpc) is 2.75. The van der Waals surface area contributed by atoms with E-state index in [1.807, 2.05) is 0 Å². The summed E-state index contributed by atoms with van der Waals surface area (Å²) < 4.78 is 0. The molecule has 1 fully saturated rings. The quantitative estimate of drug-likeness (QED) is 0.681. The van der Waals surface area contributed by atoms with Crippen molar-refractivity contribution in [1.29, 1.82) is 0 Å². The minimum Gasteiger partial charge on any atom is -0.396 e. The van der Waals surface area contributed by atoms with Gasteiger partial charge in [-0.05, 0) is 6.42 Å². The highest BCUT2D eigenvalue weighted by atomic mass is 16.3. The van der Waals surface area contributed by atoms with Gasteiger partial charge in [0.25, 0.3) is 5.91 Å². The van der Waals surface area contributed by atoms with Crippen LogP contribution in [0.3, 0.4) is 0 Å². The summed E-state index contributed by atoms with van der Waals surface area (Å²) in [5.74, 6) is -0.242. The van der Waals surface area contributed by atoms with Crippen molar-refractivity contribution in [1.82, 2.24) is 14.7 Å². The van der Waals surface area contributed by atoms with E-state index >= 15 is 0 Å². The molecule has 1 saturated heterocycles. The standard InChI is InChI=1S/C10H16N4O3/c1-12-8-7(9(16)13(2)10(12)17)14(6-11-8)4-3-5-15/h6-8,15H,3-5H2,1-2H3/t7-,8+/m0/s1. The molecule has 0 bridgehead atoms. The molecule has 7 heteroatoms. The van der Waals surface area contributed by atoms with E-state index in [1.54, 1.807) is 18.3 Å². The minimum atomic E-state index is -0.450. The molecule has 7 nitrogen and oxygen atoms in total. The van der Waals surface area contributed by atoms with Gasteiger partial charge < -0.3 is 14.9 Å². The Bertz CT molecular complexity index is 371. The number of nitrogens with zero attached hydrogens (tertiary/aromatic N) is 4. The molecule has 0 aromatic heterocycles. The molecular formula is C10H16N4O3. The third kappa shape index (κ3) is 1.76. The Balaban J connectivity index is 2.18. The summed E-state index contributed by atoms with van der Waals surface area (Å²) >= 11 is 0. The number of urea groups is 1. The molecule has 0 aliphatic carbocycles. The number of aliphatic hydroxyl groups is 1. The van der Waals surface area contributed by atoms with Crippen molar-refractivity contribution in [3.63, 3.8) is 0 Å². The molecule has 0 radical (unpaired) electrons. The first-order chi connectivity index (χ1) is 8.07. The van der Waals surface area contributed by atoms with Gasteiger partial charge in [-0.25, -0.2) is 9.79 Å². The molecule has 2 heterocycles. The number of likely N-dealkylation sites (N-methyl/N-ethyl adjacent to an activating group) is 2. The molecule has 0 saturated carbocycles. The van der Waals surface area contributed by atoms with Gasteiger partial charge in [0.2, 0.25) is 0 Å². The normalized spacial score (nSPS) is 28.1. The van der Waals surface area contributed by atoms with Crippen LogP contribution in [0.1, 0.15) is 6.42 Å². The van der Waals surface area contributed by atoms with E-state index in [0.29, 0.717) is 13.0 Å². The topological polar surface area (TPSA) is 76.5 Å². The lowest BCUT2D eigenvalue weighted by molar-refractivity contribution is -0.136. The van der Waals surface area contributed by atoms with Crippen LogP contribution in [0.15, 0.2) is 4.99 Å². The first-order valence-corrected chi connectivity index (χ1v) is 5.52. The molecule has 3 amide bonds. The van der Waals surface area contributed by atoms with Crippen LogP contribution in [0, 0.1) is 0 Å². The van der Waals surface area contributed by atoms with Gasteiger partial charge in [0, 0.05) is 27.2 Å². The number of rotatable bonds is 3. The van der Waals surface area contributed by atoms with Crippen molar-refractivity contribution in [2.24, 2.45) is 4.99 Å². The zero-order valence-electron chi connectivity index (χ0n) is 9.91. The molecule has 2 rings (SSSR count). The Morgan fingerprint density at radius 2 is 2.12 bits per heavy atom. The fourth-order valence-electron chi connectivity index (χ4n) is 2.15. The van der Waals surface area contributed by atoms with Crippen molar-refractivity contribution in [2.75, 3.05) is 27.2 Å². The molecule has 2 aliphatic heterocycles. The lowest BCUT2D eigenvalue weighted by Gasteiger charge is -2.39. The van der Waals surface area contributed by atoms with Gasteiger partial charge in [-0.2, -0.15) is 0 Å². The monoisotopic (exact) mass is 240 g/mol. The Hall–Kier alpha value is -1.63. The Labute approximate surface area is 99.3 Å². The molecule has 2 atom stereocenters. The van der Waals surface area contributed by atoms with Crippen molar-refractivity contribution >= 4 is 18.3 Å². The maximum Gasteiger partial charge on any atom is 0.328 e. The summed E-state index contributed by atoms with van der Waals surface area (Å²) in [7, 11) is 3.11. The highest BCUT2D eigenvalue weighted by molar-refractivity contribution is 6.01. The number of aliphatic imine (C=N–C) groups is 1. The van der Waals surface area contributed by atoms with Gasteiger partial charge in [-0.1, -0.05) is 0 Å². The molecule has 0 spiro atoms. The lowest BCUT2D eigenvalue weighted by Crippen LogP contribution is -2.63. The largest absolute Gasteiger partial charge is 0.396 e. The number of carbonyl (C=O) groups excluding carboxylic acids is 2.